The Hall–Kier alpha value is -1.79. The molecule has 0 spiro atoms. The summed E-state index contributed by atoms with van der Waals surface area (Å²) in [6.45, 7) is 2.31. The van der Waals surface area contributed by atoms with Crippen LogP contribution < -0.4 is 20.7 Å². The van der Waals surface area contributed by atoms with Crippen molar-refractivity contribution >= 4 is 5.91 Å². The molecule has 0 saturated heterocycles. The molecule has 0 bridgehead atoms. The van der Waals surface area contributed by atoms with Crippen molar-refractivity contribution in [3.05, 3.63) is 23.8 Å². The molecule has 1 heterocycles. The number of nitrogens with one attached hydrogen (secondary N) is 1. The van der Waals surface area contributed by atoms with Gasteiger partial charge in [0.2, 0.25) is 6.79 Å². The maximum Gasteiger partial charge on any atom is 0.251 e. The normalized spacial score (nSPS) is 14.5. The van der Waals surface area contributed by atoms with Gasteiger partial charge in [0.25, 0.3) is 5.91 Å². The van der Waals surface area contributed by atoms with E-state index in [0.29, 0.717) is 23.6 Å². The molecule has 6 nitrogen and oxygen atoms in total. The molecular formula is C11H14N2O4. The first-order valence-corrected chi connectivity index (χ1v) is 5.24. The third-order valence-corrected chi connectivity index (χ3v) is 2.42. The first-order chi connectivity index (χ1) is 8.20. The fourth-order valence-electron chi connectivity index (χ4n) is 1.42. The van der Waals surface area contributed by atoms with Gasteiger partial charge < -0.3 is 14.8 Å². The second kappa shape index (κ2) is 5.03. The van der Waals surface area contributed by atoms with Crippen LogP contribution >= 0.6 is 0 Å². The number of rotatable bonds is 4. The van der Waals surface area contributed by atoms with Crippen molar-refractivity contribution in [1.82, 2.24) is 5.32 Å². The van der Waals surface area contributed by atoms with E-state index in [4.69, 9.17) is 15.4 Å². The van der Waals surface area contributed by atoms with Crippen molar-refractivity contribution in [3.63, 3.8) is 0 Å². The maximum absolute atomic E-state index is 11.8. The van der Waals surface area contributed by atoms with Crippen LogP contribution in [-0.4, -0.2) is 25.3 Å². The average Bonchev–Trinajstić information content (AvgIpc) is 2.82. The van der Waals surface area contributed by atoms with Crippen molar-refractivity contribution in [2.45, 2.75) is 13.0 Å². The molecule has 1 aromatic carbocycles. The third kappa shape index (κ3) is 2.66. The van der Waals surface area contributed by atoms with Crippen LogP contribution in [0.25, 0.3) is 0 Å². The molecule has 0 aromatic heterocycles. The SMILES string of the molecule is CC(CNC(=O)c1ccc2c(c1)OCO2)ON. The summed E-state index contributed by atoms with van der Waals surface area (Å²) in [4.78, 5) is 16.3. The Morgan fingerprint density at radius 3 is 3.06 bits per heavy atom. The van der Waals surface area contributed by atoms with Gasteiger partial charge in [-0.25, -0.2) is 5.90 Å². The zero-order valence-corrected chi connectivity index (χ0v) is 9.43. The molecule has 2 rings (SSSR count). The van der Waals surface area contributed by atoms with Gasteiger partial charge in [0.1, 0.15) is 0 Å². The van der Waals surface area contributed by atoms with Crippen molar-refractivity contribution < 1.29 is 19.1 Å². The van der Waals surface area contributed by atoms with Gasteiger partial charge >= 0.3 is 0 Å². The maximum atomic E-state index is 11.8. The Labute approximate surface area is 98.6 Å². The highest BCUT2D eigenvalue weighted by atomic mass is 16.7. The largest absolute Gasteiger partial charge is 0.454 e. The lowest BCUT2D eigenvalue weighted by Crippen LogP contribution is -2.33. The van der Waals surface area contributed by atoms with Crippen LogP contribution in [0.15, 0.2) is 18.2 Å². The van der Waals surface area contributed by atoms with Gasteiger partial charge in [-0.1, -0.05) is 0 Å². The Balaban J connectivity index is 2.00. The van der Waals surface area contributed by atoms with Gasteiger partial charge in [0.15, 0.2) is 11.5 Å². The molecule has 0 aliphatic carbocycles. The first kappa shape index (κ1) is 11.7. The molecule has 1 aromatic rings. The van der Waals surface area contributed by atoms with Crippen molar-refractivity contribution in [1.29, 1.82) is 0 Å². The minimum absolute atomic E-state index is 0.193. The molecule has 0 radical (unpaired) electrons. The molecule has 1 aliphatic heterocycles. The summed E-state index contributed by atoms with van der Waals surface area (Å²) in [7, 11) is 0. The van der Waals surface area contributed by atoms with E-state index in [1.807, 2.05) is 0 Å². The lowest BCUT2D eigenvalue weighted by Gasteiger charge is -2.10. The Morgan fingerprint density at radius 2 is 2.29 bits per heavy atom. The summed E-state index contributed by atoms with van der Waals surface area (Å²) in [6.07, 6.45) is -0.229. The van der Waals surface area contributed by atoms with Crippen molar-refractivity contribution in [2.24, 2.45) is 5.90 Å². The zero-order valence-electron chi connectivity index (χ0n) is 9.43. The molecule has 1 aliphatic rings. The lowest BCUT2D eigenvalue weighted by molar-refractivity contribution is 0.0622. The van der Waals surface area contributed by atoms with E-state index in [0.717, 1.165) is 0 Å². The van der Waals surface area contributed by atoms with Crippen LogP contribution in [-0.2, 0) is 4.84 Å². The highest BCUT2D eigenvalue weighted by molar-refractivity contribution is 5.94. The number of ether oxygens (including phenoxy) is 2. The number of benzene rings is 1. The second-order valence-electron chi connectivity index (χ2n) is 3.72. The van der Waals surface area contributed by atoms with Crippen LogP contribution in [0.2, 0.25) is 0 Å². The van der Waals surface area contributed by atoms with Crippen LogP contribution in [0.3, 0.4) is 0 Å². The number of hydrogen-bond donors (Lipinski definition) is 2. The van der Waals surface area contributed by atoms with E-state index in [1.54, 1.807) is 25.1 Å². The number of amides is 1. The number of carbonyl (C=O) groups is 1. The molecule has 6 heteroatoms. The number of hydrogen-bond acceptors (Lipinski definition) is 5. The van der Waals surface area contributed by atoms with Gasteiger partial charge in [-0.3, -0.25) is 9.63 Å². The predicted molar refractivity (Wildman–Crippen MR) is 59.6 cm³/mol. The molecule has 1 amide bonds. The molecule has 0 fully saturated rings. The van der Waals surface area contributed by atoms with Crippen LogP contribution in [0.4, 0.5) is 0 Å². The van der Waals surface area contributed by atoms with Gasteiger partial charge in [-0.05, 0) is 25.1 Å². The van der Waals surface area contributed by atoms with E-state index in [-0.39, 0.29) is 18.8 Å². The standard InChI is InChI=1S/C11H14N2O4/c1-7(17-12)5-13-11(14)8-2-3-9-10(4-8)16-6-15-9/h2-4,7H,5-6,12H2,1H3,(H,13,14). The quantitative estimate of drug-likeness (QED) is 0.743. The van der Waals surface area contributed by atoms with E-state index in [1.165, 1.54) is 0 Å². The minimum Gasteiger partial charge on any atom is -0.454 e. The lowest BCUT2D eigenvalue weighted by atomic mass is 10.2. The molecule has 92 valence electrons. The van der Waals surface area contributed by atoms with E-state index in [2.05, 4.69) is 10.2 Å². The van der Waals surface area contributed by atoms with Crippen molar-refractivity contribution in [2.75, 3.05) is 13.3 Å². The Bertz CT molecular complexity index is 422. The number of carbonyl (C=O) groups excluding carboxylic acids is 1. The molecule has 3 N–H and O–H groups in total. The number of nitrogens with two attached hydrogens (primary N) is 1. The van der Waals surface area contributed by atoms with Gasteiger partial charge in [0, 0.05) is 12.1 Å². The third-order valence-electron chi connectivity index (χ3n) is 2.42. The van der Waals surface area contributed by atoms with Gasteiger partial charge in [0.05, 0.1) is 6.10 Å². The smallest absolute Gasteiger partial charge is 0.251 e. The van der Waals surface area contributed by atoms with Gasteiger partial charge in [-0.2, -0.15) is 0 Å². The summed E-state index contributed by atoms with van der Waals surface area (Å²) in [6, 6.07) is 5.03. The monoisotopic (exact) mass is 238 g/mol. The van der Waals surface area contributed by atoms with Crippen LogP contribution in [0.1, 0.15) is 17.3 Å². The van der Waals surface area contributed by atoms with E-state index < -0.39 is 0 Å². The summed E-state index contributed by atoms with van der Waals surface area (Å²) in [5.41, 5.74) is 0.512. The van der Waals surface area contributed by atoms with Crippen LogP contribution in [0, 0.1) is 0 Å². The highest BCUT2D eigenvalue weighted by Gasteiger charge is 2.16. The fraction of sp³-hybridized carbons (Fsp3) is 0.364. The molecule has 17 heavy (non-hydrogen) atoms. The summed E-state index contributed by atoms with van der Waals surface area (Å²) in [5, 5.41) is 2.70. The molecule has 1 atom stereocenters. The van der Waals surface area contributed by atoms with E-state index >= 15 is 0 Å². The molecule has 0 saturated carbocycles. The average molecular weight is 238 g/mol. The molecule has 1 unspecified atom stereocenters. The zero-order chi connectivity index (χ0) is 12.3. The minimum atomic E-state index is -0.229. The van der Waals surface area contributed by atoms with E-state index in [9.17, 15) is 4.79 Å². The highest BCUT2D eigenvalue weighted by Crippen LogP contribution is 2.32. The summed E-state index contributed by atoms with van der Waals surface area (Å²) in [5.74, 6) is 6.02. The predicted octanol–water partition coefficient (Wildman–Crippen LogP) is 0.424. The van der Waals surface area contributed by atoms with Crippen LogP contribution in [0.5, 0.6) is 11.5 Å². The summed E-state index contributed by atoms with van der Waals surface area (Å²) < 4.78 is 10.3. The Morgan fingerprint density at radius 1 is 1.53 bits per heavy atom. The van der Waals surface area contributed by atoms with Crippen molar-refractivity contribution in [3.8, 4) is 11.5 Å². The number of fused-ring (bicyclic) bond motifs is 1. The topological polar surface area (TPSA) is 82.8 Å². The van der Waals surface area contributed by atoms with Gasteiger partial charge in [-0.15, -0.1) is 0 Å². The Kier molecular flexibility index (Phi) is 3.46. The molecular weight excluding hydrogens is 224 g/mol. The fourth-order valence-corrected chi connectivity index (χ4v) is 1.42. The first-order valence-electron chi connectivity index (χ1n) is 5.24. The summed E-state index contributed by atoms with van der Waals surface area (Å²) >= 11 is 0. The second-order valence-corrected chi connectivity index (χ2v) is 3.72.